The lowest BCUT2D eigenvalue weighted by Crippen LogP contribution is -2.10. The average Bonchev–Trinajstić information content (AvgIpc) is 3.10. The normalized spacial score (nSPS) is 12.1. The van der Waals surface area contributed by atoms with Crippen molar-refractivity contribution in [1.29, 1.82) is 0 Å². The Bertz CT molecular complexity index is 791. The van der Waals surface area contributed by atoms with Crippen LogP contribution in [-0.4, -0.2) is 21.5 Å². The van der Waals surface area contributed by atoms with E-state index in [0.29, 0.717) is 5.75 Å². The summed E-state index contributed by atoms with van der Waals surface area (Å²) in [7, 11) is 0. The molecule has 0 bridgehead atoms. The van der Waals surface area contributed by atoms with Crippen LogP contribution in [0.1, 0.15) is 11.7 Å². The van der Waals surface area contributed by atoms with Crippen LogP contribution in [0.25, 0.3) is 5.69 Å². The van der Waals surface area contributed by atoms with Crippen LogP contribution in [0.15, 0.2) is 60.9 Å². The van der Waals surface area contributed by atoms with Gasteiger partial charge in [-0.05, 0) is 35.9 Å². The monoisotopic (exact) mass is 316 g/mol. The summed E-state index contributed by atoms with van der Waals surface area (Å²) < 4.78 is 33.3. The standard InChI is InChI=1S/C17H14F2N2O2/c18-15-6-5-12(9-16(15)19)17(22)11-23-14-4-1-3-13(10-14)21-8-2-7-20-21/h1-10,17,22H,11H2. The van der Waals surface area contributed by atoms with Gasteiger partial charge in [-0.3, -0.25) is 0 Å². The highest BCUT2D eigenvalue weighted by Crippen LogP contribution is 2.20. The molecule has 0 aliphatic carbocycles. The third kappa shape index (κ3) is 3.54. The van der Waals surface area contributed by atoms with Crippen LogP contribution in [0.2, 0.25) is 0 Å². The molecule has 1 N–H and O–H groups in total. The molecule has 1 aromatic heterocycles. The van der Waals surface area contributed by atoms with Gasteiger partial charge in [0.05, 0.1) is 5.69 Å². The summed E-state index contributed by atoms with van der Waals surface area (Å²) in [5, 5.41) is 14.1. The molecule has 4 nitrogen and oxygen atoms in total. The first-order chi connectivity index (χ1) is 11.1. The molecule has 118 valence electrons. The molecular formula is C17H14F2N2O2. The Kier molecular flexibility index (Phi) is 4.34. The average molecular weight is 316 g/mol. The largest absolute Gasteiger partial charge is 0.490 e. The lowest BCUT2D eigenvalue weighted by molar-refractivity contribution is 0.108. The van der Waals surface area contributed by atoms with Crippen molar-refractivity contribution >= 4 is 0 Å². The maximum absolute atomic E-state index is 13.2. The zero-order valence-electron chi connectivity index (χ0n) is 12.1. The third-order valence-electron chi connectivity index (χ3n) is 3.32. The molecule has 2 aromatic carbocycles. The number of ether oxygens (including phenoxy) is 1. The van der Waals surface area contributed by atoms with Gasteiger partial charge in [-0.15, -0.1) is 0 Å². The van der Waals surface area contributed by atoms with Gasteiger partial charge in [0.2, 0.25) is 0 Å². The second-order valence-electron chi connectivity index (χ2n) is 4.95. The number of hydrogen-bond donors (Lipinski definition) is 1. The van der Waals surface area contributed by atoms with E-state index in [-0.39, 0.29) is 12.2 Å². The Morgan fingerprint density at radius 3 is 2.70 bits per heavy atom. The van der Waals surface area contributed by atoms with E-state index in [4.69, 9.17) is 4.74 Å². The van der Waals surface area contributed by atoms with E-state index in [1.54, 1.807) is 41.3 Å². The van der Waals surface area contributed by atoms with Crippen LogP contribution in [0.4, 0.5) is 8.78 Å². The van der Waals surface area contributed by atoms with Gasteiger partial charge in [0.15, 0.2) is 11.6 Å². The second kappa shape index (κ2) is 6.58. The van der Waals surface area contributed by atoms with E-state index in [0.717, 1.165) is 17.8 Å². The summed E-state index contributed by atoms with van der Waals surface area (Å²) in [5.41, 5.74) is 1.07. The fourth-order valence-electron chi connectivity index (χ4n) is 2.13. The molecular weight excluding hydrogens is 302 g/mol. The van der Waals surface area contributed by atoms with Crippen molar-refractivity contribution in [1.82, 2.24) is 9.78 Å². The maximum Gasteiger partial charge on any atom is 0.159 e. The van der Waals surface area contributed by atoms with Gasteiger partial charge in [-0.25, -0.2) is 13.5 Å². The Balaban J connectivity index is 1.68. The van der Waals surface area contributed by atoms with Crippen molar-refractivity contribution in [3.05, 3.63) is 78.1 Å². The lowest BCUT2D eigenvalue weighted by atomic mass is 10.1. The first-order valence-corrected chi connectivity index (χ1v) is 6.99. The van der Waals surface area contributed by atoms with E-state index in [9.17, 15) is 13.9 Å². The van der Waals surface area contributed by atoms with Gasteiger partial charge in [-0.1, -0.05) is 12.1 Å². The van der Waals surface area contributed by atoms with Gasteiger partial charge in [0.1, 0.15) is 18.5 Å². The highest BCUT2D eigenvalue weighted by atomic mass is 19.2. The van der Waals surface area contributed by atoms with E-state index in [2.05, 4.69) is 5.10 Å². The number of aliphatic hydroxyl groups is 1. The quantitative estimate of drug-likeness (QED) is 0.786. The van der Waals surface area contributed by atoms with Crippen LogP contribution in [-0.2, 0) is 0 Å². The summed E-state index contributed by atoms with van der Waals surface area (Å²) in [6, 6.07) is 12.3. The Labute approximate surface area is 131 Å². The molecule has 0 aliphatic rings. The van der Waals surface area contributed by atoms with E-state index in [1.165, 1.54) is 6.07 Å². The zero-order valence-corrected chi connectivity index (χ0v) is 12.1. The molecule has 0 spiro atoms. The highest BCUT2D eigenvalue weighted by molar-refractivity contribution is 5.38. The van der Waals surface area contributed by atoms with E-state index in [1.807, 2.05) is 6.07 Å². The number of hydrogen-bond acceptors (Lipinski definition) is 3. The fraction of sp³-hybridized carbons (Fsp3) is 0.118. The van der Waals surface area contributed by atoms with E-state index >= 15 is 0 Å². The molecule has 0 fully saturated rings. The predicted octanol–water partition coefficient (Wildman–Crippen LogP) is 3.26. The molecule has 0 radical (unpaired) electrons. The molecule has 0 saturated heterocycles. The van der Waals surface area contributed by atoms with Gasteiger partial charge in [0, 0.05) is 18.5 Å². The molecule has 1 heterocycles. The predicted molar refractivity (Wildman–Crippen MR) is 80.4 cm³/mol. The number of aliphatic hydroxyl groups excluding tert-OH is 1. The van der Waals surface area contributed by atoms with Crippen molar-refractivity contribution in [2.24, 2.45) is 0 Å². The number of nitrogens with zero attached hydrogens (tertiary/aromatic N) is 2. The van der Waals surface area contributed by atoms with Crippen LogP contribution < -0.4 is 4.74 Å². The highest BCUT2D eigenvalue weighted by Gasteiger charge is 2.12. The molecule has 0 amide bonds. The first-order valence-electron chi connectivity index (χ1n) is 6.99. The minimum Gasteiger partial charge on any atom is -0.490 e. The Hall–Kier alpha value is -2.73. The topological polar surface area (TPSA) is 47.3 Å². The molecule has 23 heavy (non-hydrogen) atoms. The summed E-state index contributed by atoms with van der Waals surface area (Å²) in [6.45, 7) is -0.0758. The number of benzene rings is 2. The van der Waals surface area contributed by atoms with Gasteiger partial charge < -0.3 is 9.84 Å². The number of rotatable bonds is 5. The number of aromatic nitrogens is 2. The van der Waals surface area contributed by atoms with Crippen LogP contribution in [0.3, 0.4) is 0 Å². The summed E-state index contributed by atoms with van der Waals surface area (Å²) >= 11 is 0. The minimum atomic E-state index is -1.06. The van der Waals surface area contributed by atoms with Crippen LogP contribution in [0, 0.1) is 11.6 Å². The summed E-state index contributed by atoms with van der Waals surface area (Å²) in [4.78, 5) is 0. The van der Waals surface area contributed by atoms with E-state index < -0.39 is 17.7 Å². The molecule has 1 atom stereocenters. The minimum absolute atomic E-state index is 0.0758. The first kappa shape index (κ1) is 15.2. The molecule has 0 aliphatic heterocycles. The smallest absolute Gasteiger partial charge is 0.159 e. The molecule has 1 unspecified atom stereocenters. The zero-order chi connectivity index (χ0) is 16.2. The Morgan fingerprint density at radius 2 is 1.96 bits per heavy atom. The third-order valence-corrected chi connectivity index (χ3v) is 3.32. The number of halogens is 2. The lowest BCUT2D eigenvalue weighted by Gasteiger charge is -2.13. The second-order valence-corrected chi connectivity index (χ2v) is 4.95. The van der Waals surface area contributed by atoms with Gasteiger partial charge >= 0.3 is 0 Å². The van der Waals surface area contributed by atoms with Crippen molar-refractivity contribution in [2.75, 3.05) is 6.61 Å². The maximum atomic E-state index is 13.2. The van der Waals surface area contributed by atoms with Crippen LogP contribution >= 0.6 is 0 Å². The SMILES string of the molecule is OC(COc1cccc(-n2cccn2)c1)c1ccc(F)c(F)c1. The summed E-state index contributed by atoms with van der Waals surface area (Å²) in [5.74, 6) is -1.41. The van der Waals surface area contributed by atoms with Crippen LogP contribution in [0.5, 0.6) is 5.75 Å². The van der Waals surface area contributed by atoms with Crippen molar-refractivity contribution in [2.45, 2.75) is 6.10 Å². The molecule has 6 heteroatoms. The van der Waals surface area contributed by atoms with Gasteiger partial charge in [0.25, 0.3) is 0 Å². The fourth-order valence-corrected chi connectivity index (χ4v) is 2.13. The van der Waals surface area contributed by atoms with Gasteiger partial charge in [-0.2, -0.15) is 5.10 Å². The molecule has 0 saturated carbocycles. The molecule has 3 aromatic rings. The molecule has 3 rings (SSSR count). The van der Waals surface area contributed by atoms with Crippen molar-refractivity contribution < 1.29 is 18.6 Å². The summed E-state index contributed by atoms with van der Waals surface area (Å²) in [6.07, 6.45) is 2.41. The Morgan fingerprint density at radius 1 is 1.09 bits per heavy atom. The van der Waals surface area contributed by atoms with Crippen molar-refractivity contribution in [3.63, 3.8) is 0 Å². The van der Waals surface area contributed by atoms with Crippen molar-refractivity contribution in [3.8, 4) is 11.4 Å².